The zero-order chi connectivity index (χ0) is 13.1. The van der Waals surface area contributed by atoms with Gasteiger partial charge in [0.2, 0.25) is 0 Å². The Bertz CT molecular complexity index is 506. The average Bonchev–Trinajstić information content (AvgIpc) is 3.08. The van der Waals surface area contributed by atoms with E-state index in [0.717, 1.165) is 6.54 Å². The monoisotopic (exact) mass is 329 g/mol. The van der Waals surface area contributed by atoms with Crippen LogP contribution >= 0.6 is 35.1 Å². The third-order valence-electron chi connectivity index (χ3n) is 3.75. The van der Waals surface area contributed by atoms with E-state index in [9.17, 15) is 0 Å². The number of nitrogen functional groups attached to an aromatic ring is 1. The number of anilines is 2. The molecule has 0 aromatic carbocycles. The average molecular weight is 330 g/mol. The summed E-state index contributed by atoms with van der Waals surface area (Å²) in [5.41, 5.74) is 7.09. The number of halogens is 1. The molecule has 1 aliphatic carbocycles. The quantitative estimate of drug-likeness (QED) is 0.894. The minimum absolute atomic E-state index is 0. The molecule has 2 heterocycles. The second-order valence-corrected chi connectivity index (χ2v) is 6.99. The van der Waals surface area contributed by atoms with Crippen molar-refractivity contribution in [2.24, 2.45) is 0 Å². The lowest BCUT2D eigenvalue weighted by Gasteiger charge is -2.35. The third kappa shape index (κ3) is 3.65. The summed E-state index contributed by atoms with van der Waals surface area (Å²) in [7, 11) is 0. The Kier molecular flexibility index (Phi) is 5.69. The molecular weight excluding hydrogens is 310 g/mol. The predicted octanol–water partition coefficient (Wildman–Crippen LogP) is 4.55. The molecule has 0 unspecified atom stereocenters. The number of thiazole rings is 1. The number of rotatable bonds is 4. The molecule has 1 fully saturated rings. The van der Waals surface area contributed by atoms with Crippen molar-refractivity contribution >= 4 is 45.9 Å². The number of hydrogen-bond donors (Lipinski definition) is 1. The van der Waals surface area contributed by atoms with Crippen molar-refractivity contribution in [3.05, 3.63) is 27.9 Å². The van der Waals surface area contributed by atoms with Crippen molar-refractivity contribution in [1.29, 1.82) is 0 Å². The second kappa shape index (κ2) is 7.29. The Morgan fingerprint density at radius 1 is 1.30 bits per heavy atom. The Morgan fingerprint density at radius 3 is 2.70 bits per heavy atom. The van der Waals surface area contributed by atoms with E-state index < -0.39 is 0 Å². The zero-order valence-electron chi connectivity index (χ0n) is 11.3. The van der Waals surface area contributed by atoms with E-state index in [4.69, 9.17) is 5.73 Å². The van der Waals surface area contributed by atoms with Crippen molar-refractivity contribution in [2.45, 2.75) is 44.7 Å². The first kappa shape index (κ1) is 15.6. The molecule has 2 aromatic heterocycles. The van der Waals surface area contributed by atoms with Gasteiger partial charge in [-0.15, -0.1) is 23.7 Å². The minimum atomic E-state index is 0. The van der Waals surface area contributed by atoms with Gasteiger partial charge in [-0.3, -0.25) is 0 Å². The molecule has 110 valence electrons. The van der Waals surface area contributed by atoms with Gasteiger partial charge in [0, 0.05) is 28.2 Å². The summed E-state index contributed by atoms with van der Waals surface area (Å²) in [6.07, 6.45) is 8.64. The van der Waals surface area contributed by atoms with Crippen LogP contribution in [0.15, 0.2) is 23.0 Å². The molecule has 0 radical (unpaired) electrons. The smallest absolute Gasteiger partial charge is 0.180 e. The lowest BCUT2D eigenvalue weighted by Crippen LogP contribution is -2.35. The number of nitrogens with two attached hydrogens (primary N) is 1. The van der Waals surface area contributed by atoms with Gasteiger partial charge in [-0.2, -0.15) is 11.3 Å². The molecular formula is C14H20ClN3S2. The van der Waals surface area contributed by atoms with Crippen LogP contribution in [0.5, 0.6) is 0 Å². The predicted molar refractivity (Wildman–Crippen MR) is 91.1 cm³/mol. The lowest BCUT2D eigenvalue weighted by molar-refractivity contribution is 0.414. The highest BCUT2D eigenvalue weighted by atomic mass is 35.5. The van der Waals surface area contributed by atoms with Crippen LogP contribution in [0.25, 0.3) is 0 Å². The fourth-order valence-corrected chi connectivity index (χ4v) is 4.14. The van der Waals surface area contributed by atoms with Crippen LogP contribution in [-0.2, 0) is 6.54 Å². The molecule has 0 amide bonds. The van der Waals surface area contributed by atoms with Crippen molar-refractivity contribution in [1.82, 2.24) is 4.98 Å². The normalized spacial score (nSPS) is 15.8. The maximum absolute atomic E-state index is 5.74. The van der Waals surface area contributed by atoms with Crippen LogP contribution < -0.4 is 10.6 Å². The molecule has 2 N–H and O–H groups in total. The fourth-order valence-electron chi connectivity index (χ4n) is 2.81. The van der Waals surface area contributed by atoms with Gasteiger partial charge in [-0.25, -0.2) is 4.98 Å². The summed E-state index contributed by atoms with van der Waals surface area (Å²) >= 11 is 3.37. The highest BCUT2D eigenvalue weighted by Crippen LogP contribution is 2.31. The van der Waals surface area contributed by atoms with Gasteiger partial charge >= 0.3 is 0 Å². The summed E-state index contributed by atoms with van der Waals surface area (Å²) in [6.45, 7) is 0.941. The van der Waals surface area contributed by atoms with Gasteiger partial charge in [-0.05, 0) is 24.3 Å². The highest BCUT2D eigenvalue weighted by molar-refractivity contribution is 7.15. The molecule has 6 heteroatoms. The molecule has 0 aliphatic heterocycles. The van der Waals surface area contributed by atoms with Crippen molar-refractivity contribution in [2.75, 3.05) is 10.6 Å². The number of thiophene rings is 1. The number of hydrogen-bond acceptors (Lipinski definition) is 5. The van der Waals surface area contributed by atoms with Gasteiger partial charge in [0.05, 0.1) is 6.54 Å². The Hall–Kier alpha value is -0.780. The van der Waals surface area contributed by atoms with E-state index >= 15 is 0 Å². The van der Waals surface area contributed by atoms with E-state index in [1.165, 1.54) is 42.7 Å². The van der Waals surface area contributed by atoms with E-state index in [-0.39, 0.29) is 12.4 Å². The van der Waals surface area contributed by atoms with E-state index in [2.05, 4.69) is 26.7 Å². The number of nitrogens with zero attached hydrogens (tertiary/aromatic N) is 2. The molecule has 0 atom stereocenters. The first-order chi connectivity index (χ1) is 9.33. The summed E-state index contributed by atoms with van der Waals surface area (Å²) in [4.78, 5) is 7.97. The van der Waals surface area contributed by atoms with Gasteiger partial charge in [0.1, 0.15) is 0 Å². The van der Waals surface area contributed by atoms with Gasteiger partial charge < -0.3 is 10.6 Å². The van der Waals surface area contributed by atoms with Crippen LogP contribution in [0, 0.1) is 0 Å². The first-order valence-electron chi connectivity index (χ1n) is 6.82. The largest absolute Gasteiger partial charge is 0.375 e. The topological polar surface area (TPSA) is 42.1 Å². The van der Waals surface area contributed by atoms with Crippen molar-refractivity contribution in [3.8, 4) is 0 Å². The molecule has 3 nitrogen and oxygen atoms in total. The standard InChI is InChI=1S/C14H19N3S2.ClH/c15-14-16-8-13(19-14)9-17(12-6-7-18-10-12)11-4-2-1-3-5-11;/h6-8,10-11H,1-5,9H2,(H2,15,16);1H. The molecule has 1 aliphatic rings. The maximum atomic E-state index is 5.74. The minimum Gasteiger partial charge on any atom is -0.375 e. The van der Waals surface area contributed by atoms with E-state index in [1.54, 1.807) is 22.7 Å². The van der Waals surface area contributed by atoms with Crippen molar-refractivity contribution in [3.63, 3.8) is 0 Å². The third-order valence-corrected chi connectivity index (χ3v) is 5.23. The van der Waals surface area contributed by atoms with Crippen LogP contribution in [-0.4, -0.2) is 11.0 Å². The van der Waals surface area contributed by atoms with Gasteiger partial charge in [0.15, 0.2) is 5.13 Å². The maximum Gasteiger partial charge on any atom is 0.180 e. The fraction of sp³-hybridized carbons (Fsp3) is 0.500. The van der Waals surface area contributed by atoms with Gasteiger partial charge in [0.25, 0.3) is 0 Å². The SMILES string of the molecule is Cl.Nc1ncc(CN(c2ccsc2)C2CCCCC2)s1. The zero-order valence-corrected chi connectivity index (χ0v) is 13.8. The van der Waals surface area contributed by atoms with Crippen LogP contribution in [0.1, 0.15) is 37.0 Å². The molecule has 0 saturated heterocycles. The first-order valence-corrected chi connectivity index (χ1v) is 8.58. The van der Waals surface area contributed by atoms with Crippen LogP contribution in [0.3, 0.4) is 0 Å². The van der Waals surface area contributed by atoms with Gasteiger partial charge in [-0.1, -0.05) is 19.3 Å². The van der Waals surface area contributed by atoms with Crippen LogP contribution in [0.2, 0.25) is 0 Å². The Labute approximate surface area is 134 Å². The Morgan fingerprint density at radius 2 is 2.10 bits per heavy atom. The molecule has 0 spiro atoms. The highest BCUT2D eigenvalue weighted by Gasteiger charge is 2.22. The summed E-state index contributed by atoms with van der Waals surface area (Å²) in [5, 5.41) is 5.08. The molecule has 1 saturated carbocycles. The molecule has 0 bridgehead atoms. The number of aromatic nitrogens is 1. The molecule has 3 rings (SSSR count). The summed E-state index contributed by atoms with van der Waals surface area (Å²) in [5.74, 6) is 0. The molecule has 2 aromatic rings. The Balaban J connectivity index is 0.00000147. The van der Waals surface area contributed by atoms with E-state index in [0.29, 0.717) is 11.2 Å². The van der Waals surface area contributed by atoms with Crippen molar-refractivity contribution < 1.29 is 0 Å². The van der Waals surface area contributed by atoms with Crippen LogP contribution in [0.4, 0.5) is 10.8 Å². The second-order valence-electron chi connectivity index (χ2n) is 5.07. The summed E-state index contributed by atoms with van der Waals surface area (Å²) < 4.78 is 0. The van der Waals surface area contributed by atoms with E-state index in [1.807, 2.05) is 6.20 Å². The molecule has 20 heavy (non-hydrogen) atoms. The lowest BCUT2D eigenvalue weighted by atomic mass is 9.94. The summed E-state index contributed by atoms with van der Waals surface area (Å²) in [6, 6.07) is 2.90.